The fraction of sp³-hybridized carbons (Fsp3) is 0.125. The second kappa shape index (κ2) is 14.1. The van der Waals surface area contributed by atoms with Crippen LogP contribution in [-0.2, 0) is 0 Å². The van der Waals surface area contributed by atoms with Gasteiger partial charge >= 0.3 is 0 Å². The summed E-state index contributed by atoms with van der Waals surface area (Å²) in [5.74, 6) is 0. The maximum atomic E-state index is 2.58. The Morgan fingerprint density at radius 2 is 0.615 bits per heavy atom. The topological polar surface area (TPSA) is 6.48 Å². The van der Waals surface area contributed by atoms with Crippen molar-refractivity contribution in [3.05, 3.63) is 211 Å². The molecule has 256 valence electrons. The molecule has 2 nitrogen and oxygen atoms in total. The van der Waals surface area contributed by atoms with Crippen molar-refractivity contribution in [2.24, 2.45) is 0 Å². The molecule has 0 atom stereocenters. The number of hydrogen-bond acceptors (Lipinski definition) is 4. The van der Waals surface area contributed by atoms with Gasteiger partial charge in [-0.25, -0.2) is 0 Å². The standard InChI is InChI=1S/C48H42N2S2/c1-31-27-33(3)41(34(4)28-31)49-43(37-19-11-7-12-20-37)45(39-23-15-9-16-24-39)51-47(49)48-50(42-35(5)29-32(2)30-36(42)6)44(38-21-13-8-14-22-38)46(52-48)40-25-17-10-18-26-40/h7-30H,1-6H3/b48-47+. The van der Waals surface area contributed by atoms with Gasteiger partial charge in [0.25, 0.3) is 0 Å². The summed E-state index contributed by atoms with van der Waals surface area (Å²) in [5, 5.41) is 2.41. The first-order valence-corrected chi connectivity index (χ1v) is 19.5. The SMILES string of the molecule is Cc1cc(C)c(N2C(c3ccccc3)=C(c3ccccc3)S/C2=C2/SC(c3ccccc3)=C(c3ccccc3)N2c2c(C)cc(C)cc2C)c(C)c1. The van der Waals surface area contributed by atoms with Crippen molar-refractivity contribution in [3.8, 4) is 0 Å². The van der Waals surface area contributed by atoms with Gasteiger partial charge in [-0.2, -0.15) is 0 Å². The molecule has 0 fully saturated rings. The quantitative estimate of drug-likeness (QED) is 0.170. The molecule has 0 aromatic heterocycles. The number of nitrogens with zero attached hydrogens (tertiary/aromatic N) is 2. The molecule has 0 bridgehead atoms. The normalized spacial score (nSPS) is 16.0. The third kappa shape index (κ3) is 6.10. The first-order chi connectivity index (χ1) is 25.3. The van der Waals surface area contributed by atoms with Gasteiger partial charge in [-0.3, -0.25) is 0 Å². The third-order valence-corrected chi connectivity index (χ3v) is 12.3. The van der Waals surface area contributed by atoms with E-state index in [0.717, 1.165) is 0 Å². The second-order valence-electron chi connectivity index (χ2n) is 13.8. The summed E-state index contributed by atoms with van der Waals surface area (Å²) < 4.78 is 0. The van der Waals surface area contributed by atoms with Crippen LogP contribution in [-0.4, -0.2) is 0 Å². The summed E-state index contributed by atoms with van der Waals surface area (Å²) in [6, 6.07) is 53.1. The van der Waals surface area contributed by atoms with Crippen molar-refractivity contribution >= 4 is 56.1 Å². The van der Waals surface area contributed by atoms with E-state index in [-0.39, 0.29) is 0 Å². The lowest BCUT2D eigenvalue weighted by Crippen LogP contribution is -2.25. The molecule has 0 spiro atoms. The van der Waals surface area contributed by atoms with Crippen LogP contribution in [0, 0.1) is 41.5 Å². The van der Waals surface area contributed by atoms with Crippen LogP contribution >= 0.6 is 23.5 Å². The van der Waals surface area contributed by atoms with E-state index in [2.05, 4.69) is 197 Å². The summed E-state index contributed by atoms with van der Waals surface area (Å²) in [6.07, 6.45) is 0. The maximum Gasteiger partial charge on any atom is 0.116 e. The Labute approximate surface area is 317 Å². The number of aryl methyl sites for hydroxylation is 6. The van der Waals surface area contributed by atoms with Gasteiger partial charge < -0.3 is 9.80 Å². The molecule has 2 aliphatic rings. The van der Waals surface area contributed by atoms with Crippen LogP contribution in [0.25, 0.3) is 21.2 Å². The molecule has 0 saturated carbocycles. The van der Waals surface area contributed by atoms with Crippen molar-refractivity contribution in [3.63, 3.8) is 0 Å². The summed E-state index contributed by atoms with van der Waals surface area (Å²) in [4.78, 5) is 7.66. The summed E-state index contributed by atoms with van der Waals surface area (Å²) in [7, 11) is 0. The average Bonchev–Trinajstić information content (AvgIpc) is 3.72. The minimum Gasteiger partial charge on any atom is -0.300 e. The zero-order chi connectivity index (χ0) is 35.9. The minimum absolute atomic E-state index is 1.19. The predicted molar refractivity (Wildman–Crippen MR) is 228 cm³/mol. The summed E-state index contributed by atoms with van der Waals surface area (Å²) >= 11 is 3.78. The van der Waals surface area contributed by atoms with Gasteiger partial charge in [0, 0.05) is 9.81 Å². The number of rotatable bonds is 6. The zero-order valence-corrected chi connectivity index (χ0v) is 32.2. The molecule has 0 aliphatic carbocycles. The number of benzene rings is 6. The molecule has 0 radical (unpaired) electrons. The van der Waals surface area contributed by atoms with Crippen LogP contribution in [0.2, 0.25) is 0 Å². The van der Waals surface area contributed by atoms with Gasteiger partial charge in [-0.15, -0.1) is 0 Å². The average molecular weight is 711 g/mol. The van der Waals surface area contributed by atoms with E-state index >= 15 is 0 Å². The number of thioether (sulfide) groups is 2. The smallest absolute Gasteiger partial charge is 0.116 e. The van der Waals surface area contributed by atoms with E-state index in [1.54, 1.807) is 0 Å². The molecule has 2 aliphatic heterocycles. The molecular formula is C48H42N2S2. The lowest BCUT2D eigenvalue weighted by molar-refractivity contribution is 1.16. The van der Waals surface area contributed by atoms with Gasteiger partial charge in [0.15, 0.2) is 0 Å². The summed E-state index contributed by atoms with van der Waals surface area (Å²) in [6.45, 7) is 13.5. The second-order valence-corrected chi connectivity index (χ2v) is 15.8. The Hall–Kier alpha value is -5.16. The van der Waals surface area contributed by atoms with Crippen molar-refractivity contribution in [2.45, 2.75) is 41.5 Å². The van der Waals surface area contributed by atoms with Gasteiger partial charge in [0.05, 0.1) is 22.8 Å². The minimum atomic E-state index is 1.19. The molecule has 4 heteroatoms. The molecule has 0 N–H and O–H groups in total. The highest BCUT2D eigenvalue weighted by molar-refractivity contribution is 8.16. The fourth-order valence-corrected chi connectivity index (χ4v) is 10.5. The van der Waals surface area contributed by atoms with Crippen molar-refractivity contribution in [1.29, 1.82) is 0 Å². The first kappa shape index (κ1) is 34.0. The van der Waals surface area contributed by atoms with Crippen LogP contribution in [0.5, 0.6) is 0 Å². The van der Waals surface area contributed by atoms with Gasteiger partial charge in [0.2, 0.25) is 0 Å². The highest BCUT2D eigenvalue weighted by Gasteiger charge is 2.42. The van der Waals surface area contributed by atoms with E-state index in [1.807, 2.05) is 23.5 Å². The highest BCUT2D eigenvalue weighted by atomic mass is 32.2. The van der Waals surface area contributed by atoms with Gasteiger partial charge in [-0.1, -0.05) is 180 Å². The van der Waals surface area contributed by atoms with Crippen molar-refractivity contribution in [2.75, 3.05) is 9.80 Å². The monoisotopic (exact) mass is 710 g/mol. The van der Waals surface area contributed by atoms with Crippen LogP contribution < -0.4 is 9.80 Å². The van der Waals surface area contributed by atoms with Crippen LogP contribution in [0.4, 0.5) is 11.4 Å². The Balaban J connectivity index is 1.50. The van der Waals surface area contributed by atoms with Gasteiger partial charge in [0.1, 0.15) is 10.1 Å². The molecular weight excluding hydrogens is 669 g/mol. The molecule has 2 heterocycles. The molecule has 6 aromatic rings. The predicted octanol–water partition coefficient (Wildman–Crippen LogP) is 13.5. The Morgan fingerprint density at radius 3 is 0.904 bits per heavy atom. The largest absolute Gasteiger partial charge is 0.300 e. The van der Waals surface area contributed by atoms with E-state index in [9.17, 15) is 0 Å². The summed E-state index contributed by atoms with van der Waals surface area (Å²) in [5.41, 5.74) is 17.3. The van der Waals surface area contributed by atoms with Gasteiger partial charge in [-0.05, 0) is 86.1 Å². The highest BCUT2D eigenvalue weighted by Crippen LogP contribution is 2.61. The van der Waals surface area contributed by atoms with E-state index in [0.29, 0.717) is 0 Å². The molecule has 0 saturated heterocycles. The Bertz CT molecular complexity index is 2180. The molecule has 0 unspecified atom stereocenters. The van der Waals surface area contributed by atoms with Crippen LogP contribution in [0.15, 0.2) is 156 Å². The first-order valence-electron chi connectivity index (χ1n) is 17.9. The molecule has 0 amide bonds. The Morgan fingerprint density at radius 1 is 0.346 bits per heavy atom. The van der Waals surface area contributed by atoms with E-state index < -0.39 is 0 Å². The Kier molecular flexibility index (Phi) is 9.21. The molecule has 52 heavy (non-hydrogen) atoms. The fourth-order valence-electron chi connectivity index (χ4n) is 7.83. The lowest BCUT2D eigenvalue weighted by Gasteiger charge is -2.33. The van der Waals surface area contributed by atoms with E-state index in [4.69, 9.17) is 0 Å². The van der Waals surface area contributed by atoms with E-state index in [1.165, 1.54) is 98.3 Å². The molecule has 6 aromatic carbocycles. The molecule has 8 rings (SSSR count). The van der Waals surface area contributed by atoms with Crippen LogP contribution in [0.3, 0.4) is 0 Å². The lowest BCUT2D eigenvalue weighted by atomic mass is 10.0. The zero-order valence-electron chi connectivity index (χ0n) is 30.6. The number of hydrogen-bond donors (Lipinski definition) is 0. The van der Waals surface area contributed by atoms with Crippen molar-refractivity contribution in [1.82, 2.24) is 0 Å². The maximum absolute atomic E-state index is 2.58. The van der Waals surface area contributed by atoms with Crippen molar-refractivity contribution < 1.29 is 0 Å². The number of anilines is 2. The third-order valence-electron chi connectivity index (χ3n) is 9.75. The van der Waals surface area contributed by atoms with Crippen LogP contribution in [0.1, 0.15) is 55.6 Å².